The number of rotatable bonds is 8. The summed E-state index contributed by atoms with van der Waals surface area (Å²) >= 11 is 0. The molecule has 1 aliphatic heterocycles. The zero-order valence-corrected chi connectivity index (χ0v) is 24.0. The molecule has 8 heteroatoms. The number of aromatic hydroxyl groups is 1. The molecule has 1 atom stereocenters. The van der Waals surface area contributed by atoms with Crippen molar-refractivity contribution in [2.24, 2.45) is 12.0 Å². The number of hydrogen-bond donors (Lipinski definition) is 3. The van der Waals surface area contributed by atoms with Crippen molar-refractivity contribution in [3.63, 3.8) is 0 Å². The van der Waals surface area contributed by atoms with Gasteiger partial charge in [0.25, 0.3) is 5.91 Å². The first kappa shape index (κ1) is 27.5. The fraction of sp³-hybridized carbons (Fsp3) is 0.265. The van der Waals surface area contributed by atoms with E-state index in [0.29, 0.717) is 27.7 Å². The minimum atomic E-state index is -0.191. The van der Waals surface area contributed by atoms with Crippen molar-refractivity contribution in [1.29, 1.82) is 0 Å². The Balaban J connectivity index is 1.34. The summed E-state index contributed by atoms with van der Waals surface area (Å²) in [4.78, 5) is 23.9. The van der Waals surface area contributed by atoms with Gasteiger partial charge in [-0.1, -0.05) is 48.9 Å². The molecule has 0 unspecified atom stereocenters. The maximum Gasteiger partial charge on any atom is 0.251 e. The number of amides is 1. The van der Waals surface area contributed by atoms with E-state index in [4.69, 9.17) is 4.99 Å². The molecule has 1 saturated heterocycles. The van der Waals surface area contributed by atoms with E-state index in [9.17, 15) is 9.90 Å². The molecule has 0 spiro atoms. The van der Waals surface area contributed by atoms with Gasteiger partial charge in [0, 0.05) is 41.8 Å². The number of aromatic nitrogens is 3. The van der Waals surface area contributed by atoms with E-state index in [1.165, 1.54) is 24.8 Å². The van der Waals surface area contributed by atoms with Crippen LogP contribution in [0.2, 0.25) is 0 Å². The Morgan fingerprint density at radius 2 is 1.79 bits per heavy atom. The fourth-order valence-corrected chi connectivity index (χ4v) is 5.65. The van der Waals surface area contributed by atoms with Crippen LogP contribution in [-0.4, -0.2) is 49.5 Å². The van der Waals surface area contributed by atoms with E-state index < -0.39 is 0 Å². The maximum atomic E-state index is 13.3. The highest BCUT2D eigenvalue weighted by molar-refractivity contribution is 6.22. The Morgan fingerprint density at radius 1 is 1.02 bits per heavy atom. The fourth-order valence-electron chi connectivity index (χ4n) is 5.65. The van der Waals surface area contributed by atoms with Crippen molar-refractivity contribution in [2.45, 2.75) is 38.8 Å². The largest absolute Gasteiger partial charge is 0.494 e. The third-order valence-corrected chi connectivity index (χ3v) is 7.94. The molecule has 3 heterocycles. The zero-order chi connectivity index (χ0) is 29.1. The summed E-state index contributed by atoms with van der Waals surface area (Å²) in [6.07, 6.45) is 7.46. The van der Waals surface area contributed by atoms with Crippen LogP contribution in [0.25, 0.3) is 10.9 Å². The third-order valence-electron chi connectivity index (χ3n) is 7.94. The van der Waals surface area contributed by atoms with Crippen LogP contribution in [-0.2, 0) is 13.6 Å². The van der Waals surface area contributed by atoms with E-state index in [1.54, 1.807) is 16.9 Å². The number of benzene rings is 3. The van der Waals surface area contributed by atoms with Gasteiger partial charge in [-0.3, -0.25) is 14.4 Å². The summed E-state index contributed by atoms with van der Waals surface area (Å²) in [5.41, 5.74) is 6.14. The van der Waals surface area contributed by atoms with Gasteiger partial charge in [-0.25, -0.2) is 4.99 Å². The summed E-state index contributed by atoms with van der Waals surface area (Å²) in [5.74, 6) is -0.200. The summed E-state index contributed by atoms with van der Waals surface area (Å²) in [6, 6.07) is 23.4. The van der Waals surface area contributed by atoms with Gasteiger partial charge in [0.05, 0.1) is 29.2 Å². The Kier molecular flexibility index (Phi) is 7.88. The van der Waals surface area contributed by atoms with E-state index in [1.807, 2.05) is 74.8 Å². The number of piperidine rings is 1. The number of aromatic amines is 1. The van der Waals surface area contributed by atoms with E-state index in [2.05, 4.69) is 32.4 Å². The Labute approximate surface area is 245 Å². The molecule has 8 nitrogen and oxygen atoms in total. The minimum Gasteiger partial charge on any atom is -0.494 e. The van der Waals surface area contributed by atoms with Crippen LogP contribution >= 0.6 is 0 Å². The first-order chi connectivity index (χ1) is 20.4. The van der Waals surface area contributed by atoms with Gasteiger partial charge >= 0.3 is 0 Å². The molecule has 42 heavy (non-hydrogen) atoms. The number of hydrogen-bond acceptors (Lipinski definition) is 5. The summed E-state index contributed by atoms with van der Waals surface area (Å²) in [7, 11) is 1.85. The summed E-state index contributed by atoms with van der Waals surface area (Å²) in [6.45, 7) is 5.20. The van der Waals surface area contributed by atoms with Crippen molar-refractivity contribution >= 4 is 28.2 Å². The molecule has 0 saturated carbocycles. The minimum absolute atomic E-state index is 0.00969. The van der Waals surface area contributed by atoms with Crippen molar-refractivity contribution in [3.05, 3.63) is 113 Å². The van der Waals surface area contributed by atoms with Crippen LogP contribution in [0.1, 0.15) is 64.8 Å². The number of H-pyrrole nitrogens is 1. The van der Waals surface area contributed by atoms with Crippen molar-refractivity contribution < 1.29 is 9.90 Å². The van der Waals surface area contributed by atoms with Gasteiger partial charge in [0.2, 0.25) is 0 Å². The van der Waals surface area contributed by atoms with Crippen molar-refractivity contribution in [2.75, 3.05) is 13.1 Å². The van der Waals surface area contributed by atoms with Gasteiger partial charge in [0.1, 0.15) is 0 Å². The van der Waals surface area contributed by atoms with Crippen LogP contribution in [0.4, 0.5) is 5.69 Å². The molecule has 214 valence electrons. The molecule has 3 aromatic carbocycles. The lowest BCUT2D eigenvalue weighted by Crippen LogP contribution is -2.28. The number of carbonyl (C=O) groups excluding carboxylic acids is 1. The second kappa shape index (κ2) is 12.0. The van der Waals surface area contributed by atoms with Crippen molar-refractivity contribution in [1.82, 2.24) is 25.0 Å². The predicted octanol–water partition coefficient (Wildman–Crippen LogP) is 6.25. The lowest BCUT2D eigenvalue weighted by molar-refractivity contribution is 0.0940. The average molecular weight is 561 g/mol. The first-order valence-electron chi connectivity index (χ1n) is 14.5. The Hall–Kier alpha value is -4.69. The number of nitrogens with one attached hydrogen (secondary N) is 2. The monoisotopic (exact) mass is 560 g/mol. The molecule has 0 bridgehead atoms. The second-order valence-corrected chi connectivity index (χ2v) is 11.1. The quantitative estimate of drug-likeness (QED) is 0.195. The first-order valence-corrected chi connectivity index (χ1v) is 14.5. The molecule has 2 aromatic heterocycles. The lowest BCUT2D eigenvalue weighted by atomic mass is 10.0. The number of nitrogens with zero attached hydrogens (tertiary/aromatic N) is 4. The van der Waals surface area contributed by atoms with Gasteiger partial charge in [-0.2, -0.15) is 5.10 Å². The number of carbonyl (C=O) groups is 1. The molecule has 1 fully saturated rings. The third kappa shape index (κ3) is 5.99. The van der Waals surface area contributed by atoms with Crippen LogP contribution < -0.4 is 5.32 Å². The smallest absolute Gasteiger partial charge is 0.251 e. The zero-order valence-electron chi connectivity index (χ0n) is 24.0. The predicted molar refractivity (Wildman–Crippen MR) is 166 cm³/mol. The van der Waals surface area contributed by atoms with Gasteiger partial charge in [-0.05, 0) is 74.3 Å². The molecule has 0 aliphatic carbocycles. The van der Waals surface area contributed by atoms with E-state index >= 15 is 0 Å². The normalized spacial score (nSPS) is 15.1. The van der Waals surface area contributed by atoms with Gasteiger partial charge in [0.15, 0.2) is 5.88 Å². The standard InChI is InChI=1S/C34H36N6O2/c1-23(25-9-5-3-6-10-25)36-33(41)26-13-16-30-29(19-26)31(34(42)38-30)32(27-20-35-39(2)22-27)37-28-14-11-24(12-15-28)21-40-17-7-4-8-18-40/h3,5-6,9-16,19-20,22-23,38,42H,4,7-8,17-18,21H2,1-2H3,(H,36,41)/t23-/m1/s1. The number of aliphatic imine (C=N–C) groups is 1. The Morgan fingerprint density at radius 3 is 2.50 bits per heavy atom. The molecule has 1 amide bonds. The highest BCUT2D eigenvalue weighted by Crippen LogP contribution is 2.32. The maximum absolute atomic E-state index is 13.3. The average Bonchev–Trinajstić information content (AvgIpc) is 3.59. The molecule has 1 aliphatic rings. The molecule has 0 radical (unpaired) electrons. The van der Waals surface area contributed by atoms with Gasteiger partial charge < -0.3 is 15.4 Å². The lowest BCUT2D eigenvalue weighted by Gasteiger charge is -2.26. The van der Waals surface area contributed by atoms with Crippen molar-refractivity contribution in [3.8, 4) is 5.88 Å². The molecule has 5 aromatic rings. The topological polar surface area (TPSA) is 98.5 Å². The second-order valence-electron chi connectivity index (χ2n) is 11.1. The highest BCUT2D eigenvalue weighted by atomic mass is 16.3. The molecule has 3 N–H and O–H groups in total. The number of likely N-dealkylation sites (tertiary alicyclic amines) is 1. The summed E-state index contributed by atoms with van der Waals surface area (Å²) in [5, 5.41) is 19.3. The van der Waals surface area contributed by atoms with E-state index in [-0.39, 0.29) is 17.8 Å². The molecular formula is C34H36N6O2. The number of aryl methyl sites for hydroxylation is 1. The SMILES string of the molecule is C[C@@H](NC(=O)c1ccc2[nH]c(O)c(C(=Nc3ccc(CN4CCCCC4)cc3)c3cnn(C)c3)c2c1)c1ccccc1. The van der Waals surface area contributed by atoms with Crippen LogP contribution in [0.3, 0.4) is 0 Å². The van der Waals surface area contributed by atoms with Crippen LogP contribution in [0, 0.1) is 0 Å². The highest BCUT2D eigenvalue weighted by Gasteiger charge is 2.22. The Bertz CT molecular complexity index is 1710. The van der Waals surface area contributed by atoms with Gasteiger partial charge in [-0.15, -0.1) is 0 Å². The van der Waals surface area contributed by atoms with Crippen LogP contribution in [0.5, 0.6) is 5.88 Å². The summed E-state index contributed by atoms with van der Waals surface area (Å²) < 4.78 is 1.71. The molecule has 6 rings (SSSR count). The van der Waals surface area contributed by atoms with Crippen LogP contribution in [0.15, 0.2) is 90.2 Å². The number of fused-ring (bicyclic) bond motifs is 1. The molecular weight excluding hydrogens is 524 g/mol. The van der Waals surface area contributed by atoms with E-state index in [0.717, 1.165) is 36.4 Å².